The topological polar surface area (TPSA) is 248 Å². The fourth-order valence-corrected chi connectivity index (χ4v) is 3.98. The summed E-state index contributed by atoms with van der Waals surface area (Å²) < 4.78 is 1.63. The average Bonchev–Trinajstić information content (AvgIpc) is 3.38. The molecule has 0 aliphatic carbocycles. The monoisotopic (exact) mass is 559 g/mol. The molecule has 5 rings (SSSR count). The molecule has 4 heterocycles. The van der Waals surface area contributed by atoms with Gasteiger partial charge in [0.05, 0.1) is 30.3 Å². The highest BCUT2D eigenvalue weighted by Crippen LogP contribution is 2.22. The molecule has 41 heavy (non-hydrogen) atoms. The third kappa shape index (κ3) is 5.72. The minimum Gasteiger partial charge on any atom is -0.481 e. The number of carboxylic acids is 2. The van der Waals surface area contributed by atoms with Gasteiger partial charge in [0, 0.05) is 12.0 Å². The van der Waals surface area contributed by atoms with Crippen molar-refractivity contribution in [2.75, 3.05) is 10.7 Å². The van der Waals surface area contributed by atoms with Crippen molar-refractivity contribution >= 4 is 51.8 Å². The second kappa shape index (κ2) is 11.0. The fourth-order valence-electron chi connectivity index (χ4n) is 3.98. The van der Waals surface area contributed by atoms with Crippen molar-refractivity contribution in [3.63, 3.8) is 0 Å². The number of aliphatic carboxylic acids is 2. The molecule has 208 valence electrons. The smallest absolute Gasteiger partial charge is 0.326 e. The van der Waals surface area contributed by atoms with Crippen molar-refractivity contribution in [1.29, 1.82) is 0 Å². The van der Waals surface area contributed by atoms with Crippen molar-refractivity contribution in [1.82, 2.24) is 44.9 Å². The van der Waals surface area contributed by atoms with E-state index < -0.39 is 35.9 Å². The van der Waals surface area contributed by atoms with Gasteiger partial charge in [-0.2, -0.15) is 4.98 Å². The summed E-state index contributed by atoms with van der Waals surface area (Å²) in [6, 6.07) is 4.81. The maximum absolute atomic E-state index is 12.7. The molecule has 1 amide bonds. The number of benzene rings is 1. The molecule has 0 saturated heterocycles. The molecular formula is C24H21N11O6. The van der Waals surface area contributed by atoms with Crippen LogP contribution in [0, 0.1) is 0 Å². The van der Waals surface area contributed by atoms with Crippen molar-refractivity contribution < 1.29 is 24.6 Å². The van der Waals surface area contributed by atoms with E-state index in [9.17, 15) is 24.3 Å². The summed E-state index contributed by atoms with van der Waals surface area (Å²) in [5, 5.41) is 22.3. The number of carbonyl (C=O) groups is 3. The van der Waals surface area contributed by atoms with Gasteiger partial charge in [0.1, 0.15) is 24.2 Å². The zero-order valence-corrected chi connectivity index (χ0v) is 21.0. The molecule has 1 aromatic carbocycles. The Morgan fingerprint density at radius 3 is 2.59 bits per heavy atom. The number of aromatic nitrogens is 8. The maximum Gasteiger partial charge on any atom is 0.326 e. The number of carboxylic acid groups (broad SMARTS) is 2. The van der Waals surface area contributed by atoms with Gasteiger partial charge >= 0.3 is 17.5 Å². The number of fused-ring (bicyclic) bond motifs is 2. The minimum absolute atomic E-state index is 0.00244. The summed E-state index contributed by atoms with van der Waals surface area (Å²) in [7, 11) is 0. The molecule has 6 N–H and O–H groups in total. The van der Waals surface area contributed by atoms with E-state index in [1.807, 2.05) is 0 Å². The number of anilines is 2. The average molecular weight is 560 g/mol. The number of nitrogens with one attached hydrogen (secondary N) is 2. The molecule has 5 aromatic rings. The highest BCUT2D eigenvalue weighted by molar-refractivity contribution is 5.97. The maximum atomic E-state index is 12.7. The van der Waals surface area contributed by atoms with Crippen LogP contribution in [0.4, 0.5) is 11.6 Å². The molecule has 0 unspecified atom stereocenters. The number of H-pyrrole nitrogens is 1. The molecular weight excluding hydrogens is 538 g/mol. The van der Waals surface area contributed by atoms with E-state index >= 15 is 0 Å². The lowest BCUT2D eigenvalue weighted by atomic mass is 10.1. The lowest BCUT2D eigenvalue weighted by Gasteiger charge is -2.25. The first-order chi connectivity index (χ1) is 19.7. The zero-order valence-electron chi connectivity index (χ0n) is 21.0. The standard InChI is InChI=1S/C24H21N11O6/c25-24-32-19-18(22(39)33-24)30-13(7-27-19)9-34(35-11-29-16-8-26-10-28-20(16)35)14-3-1-12(2-4-14)21(38)31-15(23(40)41)5-6-17(36)37/h1-4,7-8,10-11,15H,5-6,9H2,(H,31,38)(H,36,37)(H,40,41)(H3,25,27,32,33,39)/t15-/m0/s1. The number of nitrogen functional groups attached to an aromatic ring is 1. The third-order valence-corrected chi connectivity index (χ3v) is 5.94. The van der Waals surface area contributed by atoms with Crippen LogP contribution < -0.4 is 21.6 Å². The second-order valence-electron chi connectivity index (χ2n) is 8.71. The Hall–Kier alpha value is -6.00. The van der Waals surface area contributed by atoms with Gasteiger partial charge in [0.25, 0.3) is 5.91 Å². The SMILES string of the molecule is Nc1nc(=O)c2nc(CN(c3ccc(C(=O)N[C@@H](CCC(=O)O)C(=O)O)cc3)n3cnc4cncnc43)cnc2[nH]1. The highest BCUT2D eigenvalue weighted by atomic mass is 16.4. The number of nitrogens with two attached hydrogens (primary N) is 1. The Morgan fingerprint density at radius 1 is 1.07 bits per heavy atom. The van der Waals surface area contributed by atoms with Crippen molar-refractivity contribution in [3.05, 3.63) is 70.9 Å². The van der Waals surface area contributed by atoms with Gasteiger partial charge < -0.3 is 26.2 Å². The summed E-state index contributed by atoms with van der Waals surface area (Å²) in [5.74, 6) is -3.29. The van der Waals surface area contributed by atoms with Crippen LogP contribution in [0.2, 0.25) is 0 Å². The molecule has 0 aliphatic rings. The van der Waals surface area contributed by atoms with E-state index in [2.05, 4.69) is 40.2 Å². The van der Waals surface area contributed by atoms with E-state index in [0.29, 0.717) is 22.5 Å². The molecule has 0 saturated carbocycles. The second-order valence-corrected chi connectivity index (χ2v) is 8.71. The summed E-state index contributed by atoms with van der Waals surface area (Å²) >= 11 is 0. The Labute approximate surface area is 228 Å². The number of carbonyl (C=O) groups excluding carboxylic acids is 1. The van der Waals surface area contributed by atoms with Crippen LogP contribution in [0.3, 0.4) is 0 Å². The minimum atomic E-state index is -1.37. The van der Waals surface area contributed by atoms with E-state index in [1.165, 1.54) is 31.0 Å². The number of rotatable bonds is 10. The lowest BCUT2D eigenvalue weighted by molar-refractivity contribution is -0.140. The van der Waals surface area contributed by atoms with Gasteiger partial charge in [-0.3, -0.25) is 19.4 Å². The van der Waals surface area contributed by atoms with Crippen LogP contribution in [0.25, 0.3) is 22.3 Å². The Balaban J connectivity index is 1.47. The summed E-state index contributed by atoms with van der Waals surface area (Å²) in [4.78, 5) is 75.0. The molecule has 0 radical (unpaired) electrons. The number of nitrogens with zero attached hydrogens (tertiary/aromatic N) is 8. The first kappa shape index (κ1) is 26.6. The predicted molar refractivity (Wildman–Crippen MR) is 141 cm³/mol. The van der Waals surface area contributed by atoms with Crippen LogP contribution in [0.1, 0.15) is 28.9 Å². The lowest BCUT2D eigenvalue weighted by Crippen LogP contribution is -2.41. The summed E-state index contributed by atoms with van der Waals surface area (Å²) in [6.07, 6.45) is 5.20. The van der Waals surface area contributed by atoms with E-state index in [1.54, 1.807) is 28.0 Å². The highest BCUT2D eigenvalue weighted by Gasteiger charge is 2.22. The van der Waals surface area contributed by atoms with Crippen LogP contribution in [-0.4, -0.2) is 73.7 Å². The number of amides is 1. The van der Waals surface area contributed by atoms with E-state index in [0.717, 1.165) is 0 Å². The van der Waals surface area contributed by atoms with Crippen molar-refractivity contribution in [2.45, 2.75) is 25.4 Å². The van der Waals surface area contributed by atoms with Crippen molar-refractivity contribution in [3.8, 4) is 0 Å². The molecule has 0 bridgehead atoms. The van der Waals surface area contributed by atoms with Gasteiger partial charge in [0.2, 0.25) is 5.95 Å². The molecule has 4 aromatic heterocycles. The number of hydrogen-bond acceptors (Lipinski definition) is 12. The number of aromatic amines is 1. The molecule has 0 fully saturated rings. The third-order valence-electron chi connectivity index (χ3n) is 5.94. The summed E-state index contributed by atoms with van der Waals surface area (Å²) in [6.45, 7) is 0.0735. The Kier molecular flexibility index (Phi) is 7.14. The van der Waals surface area contributed by atoms with Gasteiger partial charge in [-0.25, -0.2) is 34.4 Å². The van der Waals surface area contributed by atoms with Crippen LogP contribution in [0.15, 0.2) is 54.1 Å². The largest absolute Gasteiger partial charge is 0.481 e. The fraction of sp³-hybridized carbons (Fsp3) is 0.167. The number of imidazole rings is 1. The van der Waals surface area contributed by atoms with Crippen LogP contribution in [-0.2, 0) is 16.1 Å². The zero-order chi connectivity index (χ0) is 29.1. The first-order valence-corrected chi connectivity index (χ1v) is 12.0. The van der Waals surface area contributed by atoms with Gasteiger partial charge in [-0.1, -0.05) is 0 Å². The Morgan fingerprint density at radius 2 is 1.85 bits per heavy atom. The van der Waals surface area contributed by atoms with E-state index in [-0.39, 0.29) is 35.6 Å². The molecule has 0 spiro atoms. The van der Waals surface area contributed by atoms with Gasteiger partial charge in [-0.05, 0) is 30.7 Å². The summed E-state index contributed by atoms with van der Waals surface area (Å²) in [5.41, 5.74) is 7.18. The quantitative estimate of drug-likeness (QED) is 0.151. The van der Waals surface area contributed by atoms with Gasteiger partial charge in [0.15, 0.2) is 16.8 Å². The normalized spacial score (nSPS) is 11.8. The predicted octanol–water partition coefficient (Wildman–Crippen LogP) is -0.0473. The van der Waals surface area contributed by atoms with Gasteiger partial charge in [-0.15, -0.1) is 0 Å². The van der Waals surface area contributed by atoms with Crippen LogP contribution in [0.5, 0.6) is 0 Å². The molecule has 1 atom stereocenters. The van der Waals surface area contributed by atoms with Crippen LogP contribution >= 0.6 is 0 Å². The molecule has 17 nitrogen and oxygen atoms in total. The number of hydrogen-bond donors (Lipinski definition) is 5. The Bertz CT molecular complexity index is 1840. The van der Waals surface area contributed by atoms with Crippen molar-refractivity contribution in [2.24, 2.45) is 0 Å². The molecule has 0 aliphatic heterocycles. The first-order valence-electron chi connectivity index (χ1n) is 12.0. The van der Waals surface area contributed by atoms with E-state index in [4.69, 9.17) is 10.8 Å². The molecule has 17 heteroatoms.